The molecule has 0 aromatic carbocycles. The van der Waals surface area contributed by atoms with E-state index in [-0.39, 0.29) is 0 Å². The first kappa shape index (κ1) is 19.7. The van der Waals surface area contributed by atoms with Gasteiger partial charge in [-0.2, -0.15) is 0 Å². The van der Waals surface area contributed by atoms with Gasteiger partial charge in [0.1, 0.15) is 12.1 Å². The molecule has 1 amide bonds. The average molecular weight is 337 g/mol. The van der Waals surface area contributed by atoms with Crippen molar-refractivity contribution in [2.24, 2.45) is 5.41 Å². The Morgan fingerprint density at radius 2 is 2.00 bits per heavy atom. The number of carboxylic acids is 2. The number of carbonyl (C=O) groups is 4. The molecule has 0 aromatic heterocycles. The lowest BCUT2D eigenvalue weighted by Crippen LogP contribution is -2.48. The van der Waals surface area contributed by atoms with Gasteiger partial charge in [0.15, 0.2) is 0 Å². The lowest BCUT2D eigenvalue weighted by Gasteiger charge is -2.31. The van der Waals surface area contributed by atoms with E-state index in [9.17, 15) is 19.2 Å². The molecule has 0 spiro atoms. The standard InChI is InChI=1S/C15H20BNO7/c1-15(13(22)17-10(12(20)21)8-11(18)19)6-3-2-4-9(5-7-15)24-14(16)23/h2,4,9-10H,3,5-8H2,1H3,(H,17,22)(H,18,19)(H,20,21)/b4-2+/t9-,10?,15+/m1/s1. The SMILES string of the molecule is [B]C(=O)O[C@@H]1/C=C/CC[C@](C)(C(=O)NC(CC(=O)O)C(=O)O)CC1. The molecule has 2 radical (unpaired) electrons. The van der Waals surface area contributed by atoms with Crippen molar-refractivity contribution in [1.29, 1.82) is 0 Å². The smallest absolute Gasteiger partial charge is 0.326 e. The number of hydrogen-bond acceptors (Lipinski definition) is 5. The maximum atomic E-state index is 12.5. The topological polar surface area (TPSA) is 130 Å². The van der Waals surface area contributed by atoms with Crippen molar-refractivity contribution in [3.63, 3.8) is 0 Å². The Labute approximate surface area is 140 Å². The van der Waals surface area contributed by atoms with Gasteiger partial charge in [-0.05, 0) is 31.8 Å². The molecule has 0 heterocycles. The third-order valence-electron chi connectivity index (χ3n) is 3.99. The van der Waals surface area contributed by atoms with E-state index < -0.39 is 47.7 Å². The van der Waals surface area contributed by atoms with Crippen LogP contribution in [0.1, 0.15) is 39.0 Å². The molecule has 1 aliphatic carbocycles. The minimum absolute atomic E-state index is 0.334. The molecule has 3 N–H and O–H groups in total. The van der Waals surface area contributed by atoms with E-state index in [2.05, 4.69) is 5.32 Å². The molecule has 9 heteroatoms. The van der Waals surface area contributed by atoms with Crippen molar-refractivity contribution in [2.75, 3.05) is 0 Å². The molecule has 3 atom stereocenters. The van der Waals surface area contributed by atoms with E-state index in [0.29, 0.717) is 25.7 Å². The fourth-order valence-corrected chi connectivity index (χ4v) is 2.51. The van der Waals surface area contributed by atoms with E-state index in [0.717, 1.165) is 0 Å². The minimum atomic E-state index is -1.49. The van der Waals surface area contributed by atoms with Crippen molar-refractivity contribution >= 4 is 31.6 Å². The van der Waals surface area contributed by atoms with Gasteiger partial charge < -0.3 is 20.3 Å². The van der Waals surface area contributed by atoms with Crippen LogP contribution in [0.3, 0.4) is 0 Å². The highest BCUT2D eigenvalue weighted by Gasteiger charge is 2.36. The minimum Gasteiger partial charge on any atom is -0.481 e. The molecule has 24 heavy (non-hydrogen) atoms. The number of nitrogens with one attached hydrogen (secondary N) is 1. The van der Waals surface area contributed by atoms with Crippen molar-refractivity contribution in [3.05, 3.63) is 12.2 Å². The highest BCUT2D eigenvalue weighted by molar-refractivity contribution is 6.55. The van der Waals surface area contributed by atoms with Gasteiger partial charge in [-0.1, -0.05) is 13.0 Å². The van der Waals surface area contributed by atoms with Gasteiger partial charge in [-0.15, -0.1) is 0 Å². The van der Waals surface area contributed by atoms with Crippen LogP contribution in [0.15, 0.2) is 12.2 Å². The highest BCUT2D eigenvalue weighted by Crippen LogP contribution is 2.33. The van der Waals surface area contributed by atoms with E-state index in [1.807, 2.05) is 0 Å². The normalized spacial score (nSPS) is 26.3. The highest BCUT2D eigenvalue weighted by atomic mass is 16.5. The second kappa shape index (κ2) is 8.51. The van der Waals surface area contributed by atoms with Crippen LogP contribution in [-0.2, 0) is 19.1 Å². The van der Waals surface area contributed by atoms with Crippen molar-refractivity contribution in [1.82, 2.24) is 5.32 Å². The number of rotatable bonds is 6. The molecule has 0 aromatic rings. The summed E-state index contributed by atoms with van der Waals surface area (Å²) in [6.07, 6.45) is 3.88. The maximum absolute atomic E-state index is 12.5. The van der Waals surface area contributed by atoms with Crippen LogP contribution in [0.5, 0.6) is 0 Å². The summed E-state index contributed by atoms with van der Waals surface area (Å²) in [5, 5.41) is 20.1. The summed E-state index contributed by atoms with van der Waals surface area (Å²) in [5.74, 6) is -4.17. The predicted octanol–water partition coefficient (Wildman–Crippen LogP) is 0.841. The Balaban J connectivity index is 2.79. The number of amides is 1. The zero-order chi connectivity index (χ0) is 18.3. The molecule has 1 aliphatic rings. The zero-order valence-corrected chi connectivity index (χ0v) is 13.4. The molecular formula is C15H20BNO7. The van der Waals surface area contributed by atoms with E-state index in [4.69, 9.17) is 22.8 Å². The van der Waals surface area contributed by atoms with Crippen LogP contribution >= 0.6 is 0 Å². The maximum Gasteiger partial charge on any atom is 0.326 e. The Morgan fingerprint density at radius 3 is 2.54 bits per heavy atom. The van der Waals surface area contributed by atoms with Gasteiger partial charge in [0.25, 0.3) is 0 Å². The molecule has 0 aliphatic heterocycles. The summed E-state index contributed by atoms with van der Waals surface area (Å²) < 4.78 is 4.92. The molecule has 0 saturated carbocycles. The first-order chi connectivity index (χ1) is 11.1. The summed E-state index contributed by atoms with van der Waals surface area (Å²) in [7, 11) is 4.99. The number of ether oxygens (including phenoxy) is 1. The molecule has 0 saturated heterocycles. The van der Waals surface area contributed by atoms with Gasteiger partial charge >= 0.3 is 11.9 Å². The van der Waals surface area contributed by atoms with Gasteiger partial charge in [0.05, 0.1) is 6.42 Å². The van der Waals surface area contributed by atoms with Crippen LogP contribution in [0, 0.1) is 5.41 Å². The van der Waals surface area contributed by atoms with Crippen LogP contribution in [0.2, 0.25) is 0 Å². The summed E-state index contributed by atoms with van der Waals surface area (Å²) in [6.45, 7) is 1.67. The van der Waals surface area contributed by atoms with Crippen molar-refractivity contribution in [2.45, 2.75) is 51.2 Å². The van der Waals surface area contributed by atoms with E-state index in [1.165, 1.54) is 0 Å². The van der Waals surface area contributed by atoms with Crippen molar-refractivity contribution in [3.8, 4) is 0 Å². The molecular weight excluding hydrogens is 317 g/mol. The second-order valence-electron chi connectivity index (χ2n) is 6.00. The first-order valence-electron chi connectivity index (χ1n) is 7.52. The third kappa shape index (κ3) is 6.06. The second-order valence-corrected chi connectivity index (χ2v) is 6.00. The lowest BCUT2D eigenvalue weighted by molar-refractivity contribution is -0.148. The van der Waals surface area contributed by atoms with Crippen molar-refractivity contribution < 1.29 is 34.1 Å². The van der Waals surface area contributed by atoms with Gasteiger partial charge in [0.2, 0.25) is 19.6 Å². The van der Waals surface area contributed by atoms with Gasteiger partial charge in [0, 0.05) is 5.41 Å². The predicted molar refractivity (Wildman–Crippen MR) is 83.6 cm³/mol. The Morgan fingerprint density at radius 1 is 1.33 bits per heavy atom. The zero-order valence-electron chi connectivity index (χ0n) is 13.4. The fraction of sp³-hybridized carbons (Fsp3) is 0.600. The number of hydrogen-bond donors (Lipinski definition) is 3. The van der Waals surface area contributed by atoms with E-state index in [1.54, 1.807) is 19.1 Å². The van der Waals surface area contributed by atoms with E-state index >= 15 is 0 Å². The molecule has 0 fully saturated rings. The Bertz CT molecular complexity index is 548. The van der Waals surface area contributed by atoms with Crippen LogP contribution < -0.4 is 5.32 Å². The Kier molecular flexibility index (Phi) is 7.00. The van der Waals surface area contributed by atoms with Gasteiger partial charge in [-0.3, -0.25) is 14.4 Å². The summed E-state index contributed by atoms with van der Waals surface area (Å²) in [5.41, 5.74) is -0.907. The number of aliphatic carboxylic acids is 2. The summed E-state index contributed by atoms with van der Waals surface area (Å²) >= 11 is 0. The summed E-state index contributed by atoms with van der Waals surface area (Å²) in [6, 6.07) is -1.49. The quantitative estimate of drug-likeness (QED) is 0.483. The summed E-state index contributed by atoms with van der Waals surface area (Å²) in [4.78, 5) is 45.1. The lowest BCUT2D eigenvalue weighted by atomic mass is 9.77. The molecule has 1 rings (SSSR count). The molecule has 130 valence electrons. The van der Waals surface area contributed by atoms with Crippen LogP contribution in [-0.4, -0.2) is 53.9 Å². The fourth-order valence-electron chi connectivity index (χ4n) is 2.51. The monoisotopic (exact) mass is 337 g/mol. The third-order valence-corrected chi connectivity index (χ3v) is 3.99. The Hall–Kier alpha value is -2.32. The van der Waals surface area contributed by atoms with Crippen LogP contribution in [0.25, 0.3) is 0 Å². The van der Waals surface area contributed by atoms with Gasteiger partial charge in [-0.25, -0.2) is 4.79 Å². The van der Waals surface area contributed by atoms with Crippen LogP contribution in [0.4, 0.5) is 4.79 Å². The largest absolute Gasteiger partial charge is 0.481 e. The number of allylic oxidation sites excluding steroid dienone is 1. The first-order valence-corrected chi connectivity index (χ1v) is 7.52. The number of carboxylic acid groups (broad SMARTS) is 2. The number of carbonyl (C=O) groups excluding carboxylic acids is 2. The molecule has 0 bridgehead atoms. The average Bonchev–Trinajstić information content (AvgIpc) is 2.45. The molecule has 1 unspecified atom stereocenters. The molecule has 8 nitrogen and oxygen atoms in total.